The van der Waals surface area contributed by atoms with Crippen LogP contribution in [0.3, 0.4) is 0 Å². The number of nitrogens with zero attached hydrogens (tertiary/aromatic N) is 3. The number of hydrogen-bond donors (Lipinski definition) is 1. The zero-order valence-corrected chi connectivity index (χ0v) is 10.7. The molecule has 3 aromatic rings. The van der Waals surface area contributed by atoms with E-state index in [2.05, 4.69) is 15.3 Å². The lowest BCUT2D eigenvalue weighted by Crippen LogP contribution is -1.94. The van der Waals surface area contributed by atoms with E-state index in [-0.39, 0.29) is 0 Å². The van der Waals surface area contributed by atoms with Crippen LogP contribution in [0.25, 0.3) is 11.4 Å². The molecule has 0 saturated heterocycles. The molecular formula is C13H10N4OS. The SMILES string of the molecule is S=c1[nH]nc(-c2ccccc2)n1/N=C/c1ccco1. The first-order valence-electron chi connectivity index (χ1n) is 5.65. The van der Waals surface area contributed by atoms with Gasteiger partial charge < -0.3 is 4.42 Å². The molecule has 0 atom stereocenters. The molecule has 0 spiro atoms. The topological polar surface area (TPSA) is 59.1 Å². The molecule has 3 rings (SSSR count). The lowest BCUT2D eigenvalue weighted by molar-refractivity contribution is 0.559. The second-order valence-corrected chi connectivity index (χ2v) is 4.18. The van der Waals surface area contributed by atoms with Crippen molar-refractivity contribution in [3.8, 4) is 11.4 Å². The van der Waals surface area contributed by atoms with E-state index in [0.717, 1.165) is 5.56 Å². The highest BCUT2D eigenvalue weighted by atomic mass is 32.1. The molecule has 1 aromatic carbocycles. The largest absolute Gasteiger partial charge is 0.463 e. The van der Waals surface area contributed by atoms with Crippen molar-refractivity contribution >= 4 is 18.4 Å². The number of rotatable bonds is 3. The van der Waals surface area contributed by atoms with Crippen molar-refractivity contribution in [3.63, 3.8) is 0 Å². The predicted molar refractivity (Wildman–Crippen MR) is 74.5 cm³/mol. The van der Waals surface area contributed by atoms with Crippen LogP contribution in [0.15, 0.2) is 58.2 Å². The van der Waals surface area contributed by atoms with Gasteiger partial charge in [-0.1, -0.05) is 30.3 Å². The van der Waals surface area contributed by atoms with Gasteiger partial charge in [0.1, 0.15) is 5.76 Å². The summed E-state index contributed by atoms with van der Waals surface area (Å²) in [5.74, 6) is 1.32. The van der Waals surface area contributed by atoms with E-state index in [1.54, 1.807) is 23.2 Å². The van der Waals surface area contributed by atoms with Crippen LogP contribution in [-0.2, 0) is 0 Å². The van der Waals surface area contributed by atoms with Gasteiger partial charge in [0.25, 0.3) is 0 Å². The van der Waals surface area contributed by atoms with Crippen molar-refractivity contribution in [2.75, 3.05) is 0 Å². The van der Waals surface area contributed by atoms with Gasteiger partial charge in [0, 0.05) is 5.56 Å². The molecule has 0 aliphatic rings. The highest BCUT2D eigenvalue weighted by Gasteiger charge is 2.07. The molecule has 5 nitrogen and oxygen atoms in total. The van der Waals surface area contributed by atoms with Crippen LogP contribution < -0.4 is 0 Å². The van der Waals surface area contributed by atoms with Gasteiger partial charge in [0.2, 0.25) is 4.77 Å². The molecule has 1 N–H and O–H groups in total. The zero-order chi connectivity index (χ0) is 13.1. The second-order valence-electron chi connectivity index (χ2n) is 3.79. The number of aromatic amines is 1. The first-order chi connectivity index (χ1) is 9.34. The summed E-state index contributed by atoms with van der Waals surface area (Å²) in [6, 6.07) is 13.3. The van der Waals surface area contributed by atoms with Crippen LogP contribution in [0.4, 0.5) is 0 Å². The Bertz CT molecular complexity index is 741. The van der Waals surface area contributed by atoms with Gasteiger partial charge in [-0.25, -0.2) is 5.10 Å². The van der Waals surface area contributed by atoms with Gasteiger partial charge >= 0.3 is 0 Å². The first-order valence-corrected chi connectivity index (χ1v) is 6.06. The first kappa shape index (κ1) is 11.6. The lowest BCUT2D eigenvalue weighted by Gasteiger charge is -1.99. The average molecular weight is 270 g/mol. The van der Waals surface area contributed by atoms with E-state index >= 15 is 0 Å². The van der Waals surface area contributed by atoms with E-state index in [4.69, 9.17) is 16.6 Å². The van der Waals surface area contributed by atoms with Crippen molar-refractivity contribution in [1.29, 1.82) is 0 Å². The number of benzene rings is 1. The Balaban J connectivity index is 2.02. The summed E-state index contributed by atoms with van der Waals surface area (Å²) < 4.78 is 7.18. The summed E-state index contributed by atoms with van der Waals surface area (Å²) in [4.78, 5) is 0. The Kier molecular flexibility index (Phi) is 3.07. The van der Waals surface area contributed by atoms with Crippen LogP contribution in [0.1, 0.15) is 5.76 Å². The lowest BCUT2D eigenvalue weighted by atomic mass is 10.2. The van der Waals surface area contributed by atoms with E-state index in [0.29, 0.717) is 16.4 Å². The Hall–Kier alpha value is -2.47. The molecule has 0 fully saturated rings. The molecule has 0 unspecified atom stereocenters. The number of hydrogen-bond acceptors (Lipinski definition) is 4. The zero-order valence-electron chi connectivity index (χ0n) is 9.85. The Labute approximate surface area is 114 Å². The maximum absolute atomic E-state index is 5.19. The summed E-state index contributed by atoms with van der Waals surface area (Å²) in [5, 5.41) is 11.2. The minimum Gasteiger partial charge on any atom is -0.463 e. The maximum atomic E-state index is 5.19. The molecule has 0 bridgehead atoms. The van der Waals surface area contributed by atoms with Crippen molar-refractivity contribution in [2.45, 2.75) is 0 Å². The van der Waals surface area contributed by atoms with Gasteiger partial charge in [-0.05, 0) is 24.4 Å². The fourth-order valence-corrected chi connectivity index (χ4v) is 1.83. The Morgan fingerprint density at radius 1 is 1.21 bits per heavy atom. The monoisotopic (exact) mass is 270 g/mol. The number of aromatic nitrogens is 3. The molecule has 0 radical (unpaired) electrons. The van der Waals surface area contributed by atoms with Crippen molar-refractivity contribution in [2.24, 2.45) is 5.10 Å². The molecule has 0 aliphatic carbocycles. The summed E-state index contributed by atoms with van der Waals surface area (Å²) in [6.45, 7) is 0. The van der Waals surface area contributed by atoms with E-state index < -0.39 is 0 Å². The maximum Gasteiger partial charge on any atom is 0.216 e. The van der Waals surface area contributed by atoms with Gasteiger partial charge in [-0.15, -0.1) is 0 Å². The molecular weight excluding hydrogens is 260 g/mol. The summed E-state index contributed by atoms with van der Waals surface area (Å²) in [5.41, 5.74) is 0.937. The predicted octanol–water partition coefficient (Wildman–Crippen LogP) is 3.08. The minimum atomic E-state index is 0.432. The van der Waals surface area contributed by atoms with Crippen LogP contribution in [0.5, 0.6) is 0 Å². The van der Waals surface area contributed by atoms with Crippen LogP contribution >= 0.6 is 12.2 Å². The third kappa shape index (κ3) is 2.38. The smallest absolute Gasteiger partial charge is 0.216 e. The number of nitrogens with one attached hydrogen (secondary N) is 1. The van der Waals surface area contributed by atoms with Gasteiger partial charge in [-0.2, -0.15) is 14.9 Å². The number of H-pyrrole nitrogens is 1. The molecule has 0 amide bonds. The second kappa shape index (κ2) is 5.03. The normalized spacial score (nSPS) is 11.2. The molecule has 0 saturated carbocycles. The quantitative estimate of drug-likeness (QED) is 0.587. The summed E-state index contributed by atoms with van der Waals surface area (Å²) in [6.07, 6.45) is 3.19. The molecule has 94 valence electrons. The van der Waals surface area contributed by atoms with Gasteiger partial charge in [0.05, 0.1) is 12.5 Å². The number of furan rings is 1. The highest BCUT2D eigenvalue weighted by Crippen LogP contribution is 2.16. The van der Waals surface area contributed by atoms with Crippen molar-refractivity contribution in [1.82, 2.24) is 14.9 Å². The Morgan fingerprint density at radius 2 is 2.05 bits per heavy atom. The third-order valence-corrected chi connectivity index (χ3v) is 2.79. The fourth-order valence-electron chi connectivity index (χ4n) is 1.65. The molecule has 6 heteroatoms. The third-order valence-electron chi connectivity index (χ3n) is 2.53. The molecule has 19 heavy (non-hydrogen) atoms. The molecule has 2 heterocycles. The molecule has 2 aromatic heterocycles. The van der Waals surface area contributed by atoms with Crippen LogP contribution in [-0.4, -0.2) is 21.1 Å². The van der Waals surface area contributed by atoms with Gasteiger partial charge in [0.15, 0.2) is 5.82 Å². The summed E-state index contributed by atoms with van der Waals surface area (Å²) in [7, 11) is 0. The van der Waals surface area contributed by atoms with E-state index in [1.807, 2.05) is 36.4 Å². The fraction of sp³-hybridized carbons (Fsp3) is 0. The van der Waals surface area contributed by atoms with Crippen LogP contribution in [0.2, 0.25) is 0 Å². The van der Waals surface area contributed by atoms with Gasteiger partial charge in [-0.3, -0.25) is 0 Å². The Morgan fingerprint density at radius 3 is 2.79 bits per heavy atom. The standard InChI is InChI=1S/C13H10N4OS/c19-13-16-15-12(10-5-2-1-3-6-10)17(13)14-9-11-7-4-8-18-11/h1-9H,(H,16,19)/b14-9+. The highest BCUT2D eigenvalue weighted by molar-refractivity contribution is 7.71. The van der Waals surface area contributed by atoms with E-state index in [1.165, 1.54) is 0 Å². The molecule has 0 aliphatic heterocycles. The minimum absolute atomic E-state index is 0.432. The van der Waals surface area contributed by atoms with Crippen LogP contribution in [0, 0.1) is 4.77 Å². The van der Waals surface area contributed by atoms with E-state index in [9.17, 15) is 0 Å². The van der Waals surface area contributed by atoms with Crippen molar-refractivity contribution < 1.29 is 4.42 Å². The van der Waals surface area contributed by atoms with Crippen molar-refractivity contribution in [3.05, 3.63) is 59.3 Å². The average Bonchev–Trinajstić information content (AvgIpc) is 3.07. The summed E-state index contributed by atoms with van der Waals surface area (Å²) >= 11 is 5.17.